The minimum Gasteiger partial charge on any atom is -0.460 e. The number of amidine groups is 1. The van der Waals surface area contributed by atoms with E-state index in [9.17, 15) is 14.4 Å². The van der Waals surface area contributed by atoms with Crippen molar-refractivity contribution in [2.75, 3.05) is 6.61 Å². The predicted molar refractivity (Wildman–Crippen MR) is 126 cm³/mol. The van der Waals surface area contributed by atoms with Crippen LogP contribution in [0.3, 0.4) is 0 Å². The van der Waals surface area contributed by atoms with Crippen molar-refractivity contribution in [3.05, 3.63) is 59.7 Å². The Morgan fingerprint density at radius 1 is 1.03 bits per heavy atom. The summed E-state index contributed by atoms with van der Waals surface area (Å²) in [4.78, 5) is 42.0. The van der Waals surface area contributed by atoms with E-state index < -0.39 is 36.1 Å². The maximum absolute atomic E-state index is 12.6. The second-order valence-electron chi connectivity index (χ2n) is 8.96. The molecular weight excluding hydrogens is 438 g/mol. The molecule has 2 aromatic carbocycles. The SMILES string of the molecule is C/C(N)=N\OC(=O)[C@H](CC(=O)OC(C)(C)C)NC(=O)OCC1c2ccccc2-c2ccccc21. The van der Waals surface area contributed by atoms with Crippen LogP contribution in [0.1, 0.15) is 51.2 Å². The van der Waals surface area contributed by atoms with Gasteiger partial charge in [-0.2, -0.15) is 0 Å². The molecule has 0 aliphatic heterocycles. The quantitative estimate of drug-likeness (QED) is 0.210. The molecule has 9 heteroatoms. The molecule has 0 spiro atoms. The summed E-state index contributed by atoms with van der Waals surface area (Å²) in [6.45, 7) is 6.56. The van der Waals surface area contributed by atoms with Gasteiger partial charge in [0, 0.05) is 5.92 Å². The number of oxime groups is 1. The molecule has 0 unspecified atom stereocenters. The number of ether oxygens (including phenoxy) is 2. The molecule has 0 fully saturated rings. The van der Waals surface area contributed by atoms with Gasteiger partial charge in [0.2, 0.25) is 0 Å². The van der Waals surface area contributed by atoms with E-state index in [0.717, 1.165) is 22.3 Å². The van der Waals surface area contributed by atoms with Gasteiger partial charge in [0.15, 0.2) is 0 Å². The Kier molecular flexibility index (Phi) is 7.55. The van der Waals surface area contributed by atoms with Crippen LogP contribution in [-0.2, 0) is 23.9 Å². The van der Waals surface area contributed by atoms with Gasteiger partial charge < -0.3 is 25.4 Å². The van der Waals surface area contributed by atoms with E-state index in [2.05, 4.69) is 10.5 Å². The zero-order valence-electron chi connectivity index (χ0n) is 19.7. The molecule has 180 valence electrons. The van der Waals surface area contributed by atoms with Crippen LogP contribution < -0.4 is 11.1 Å². The van der Waals surface area contributed by atoms with Crippen LogP contribution in [0.5, 0.6) is 0 Å². The molecule has 0 saturated carbocycles. The van der Waals surface area contributed by atoms with Gasteiger partial charge in [-0.15, -0.1) is 0 Å². The topological polar surface area (TPSA) is 129 Å². The molecule has 0 saturated heterocycles. The first-order valence-corrected chi connectivity index (χ1v) is 10.9. The van der Waals surface area contributed by atoms with Crippen LogP contribution in [0.4, 0.5) is 4.79 Å². The molecule has 9 nitrogen and oxygen atoms in total. The Balaban J connectivity index is 1.69. The van der Waals surface area contributed by atoms with E-state index in [1.807, 2.05) is 48.5 Å². The third-order valence-corrected chi connectivity index (χ3v) is 4.99. The number of hydrogen-bond acceptors (Lipinski definition) is 7. The highest BCUT2D eigenvalue weighted by Crippen LogP contribution is 2.44. The third kappa shape index (κ3) is 6.34. The van der Waals surface area contributed by atoms with Crippen molar-refractivity contribution < 1.29 is 28.7 Å². The Morgan fingerprint density at radius 2 is 1.59 bits per heavy atom. The number of nitrogens with zero attached hydrogens (tertiary/aromatic N) is 1. The standard InChI is InChI=1S/C25H29N3O6/c1-15(26)28-34-23(30)21(13-22(29)33-25(2,3)4)27-24(31)32-14-20-18-11-7-5-9-16(18)17-10-6-8-12-19(17)20/h5-12,20-21H,13-14H2,1-4H3,(H2,26,28)(H,27,31)/t21-/m0/s1. The van der Waals surface area contributed by atoms with Crippen molar-refractivity contribution in [3.63, 3.8) is 0 Å². The average molecular weight is 468 g/mol. The molecule has 1 amide bonds. The van der Waals surface area contributed by atoms with Crippen molar-refractivity contribution in [2.45, 2.75) is 51.7 Å². The Hall–Kier alpha value is -3.88. The number of alkyl carbamates (subject to hydrolysis) is 1. The van der Waals surface area contributed by atoms with Crippen molar-refractivity contribution in [2.24, 2.45) is 10.9 Å². The summed E-state index contributed by atoms with van der Waals surface area (Å²) in [6.07, 6.45) is -1.33. The van der Waals surface area contributed by atoms with Crippen molar-refractivity contribution in [1.82, 2.24) is 5.32 Å². The Morgan fingerprint density at radius 3 is 2.12 bits per heavy atom. The smallest absolute Gasteiger partial charge is 0.407 e. The molecular formula is C25H29N3O6. The highest BCUT2D eigenvalue weighted by molar-refractivity contribution is 5.87. The lowest BCUT2D eigenvalue weighted by atomic mass is 9.98. The number of nitrogens with one attached hydrogen (secondary N) is 1. The molecule has 0 heterocycles. The number of nitrogens with two attached hydrogens (primary N) is 1. The molecule has 0 radical (unpaired) electrons. The van der Waals surface area contributed by atoms with Crippen molar-refractivity contribution >= 4 is 23.9 Å². The number of hydrogen-bond donors (Lipinski definition) is 2. The van der Waals surface area contributed by atoms with Crippen LogP contribution in [0, 0.1) is 0 Å². The molecule has 3 N–H and O–H groups in total. The highest BCUT2D eigenvalue weighted by atomic mass is 16.7. The molecule has 0 aromatic heterocycles. The van der Waals surface area contributed by atoms with E-state index in [1.165, 1.54) is 6.92 Å². The molecule has 0 bridgehead atoms. The van der Waals surface area contributed by atoms with Gasteiger partial charge in [-0.3, -0.25) is 4.79 Å². The van der Waals surface area contributed by atoms with E-state index >= 15 is 0 Å². The summed E-state index contributed by atoms with van der Waals surface area (Å²) >= 11 is 0. The molecule has 1 aliphatic carbocycles. The summed E-state index contributed by atoms with van der Waals surface area (Å²) in [5.74, 6) is -1.81. The molecule has 1 atom stereocenters. The summed E-state index contributed by atoms with van der Waals surface area (Å²) in [5, 5.41) is 5.78. The van der Waals surface area contributed by atoms with Crippen LogP contribution in [0.25, 0.3) is 11.1 Å². The Labute approximate surface area is 198 Å². The van der Waals surface area contributed by atoms with Gasteiger partial charge in [0.05, 0.1) is 6.42 Å². The minimum absolute atomic E-state index is 0.00510. The lowest BCUT2D eigenvalue weighted by molar-refractivity contribution is -0.159. The number of rotatable bonds is 7. The number of amides is 1. The first-order valence-electron chi connectivity index (χ1n) is 10.9. The first-order chi connectivity index (χ1) is 16.0. The predicted octanol–water partition coefficient (Wildman–Crippen LogP) is 3.46. The van der Waals surface area contributed by atoms with E-state index in [0.29, 0.717) is 0 Å². The average Bonchev–Trinajstić information content (AvgIpc) is 3.08. The Bertz CT molecular complexity index is 1060. The first kappa shape index (κ1) is 24.8. The zero-order chi connectivity index (χ0) is 24.9. The van der Waals surface area contributed by atoms with Crippen LogP contribution in [0.2, 0.25) is 0 Å². The summed E-state index contributed by atoms with van der Waals surface area (Å²) in [7, 11) is 0. The van der Waals surface area contributed by atoms with Crippen LogP contribution in [0.15, 0.2) is 53.7 Å². The van der Waals surface area contributed by atoms with Gasteiger partial charge >= 0.3 is 18.0 Å². The van der Waals surface area contributed by atoms with Gasteiger partial charge in [-0.05, 0) is 49.9 Å². The summed E-state index contributed by atoms with van der Waals surface area (Å²) < 4.78 is 10.7. The fourth-order valence-corrected chi connectivity index (χ4v) is 3.71. The van der Waals surface area contributed by atoms with E-state index in [1.54, 1.807) is 20.8 Å². The minimum atomic E-state index is -1.37. The zero-order valence-corrected chi connectivity index (χ0v) is 19.7. The summed E-state index contributed by atoms with van der Waals surface area (Å²) in [5.41, 5.74) is 8.91. The highest BCUT2D eigenvalue weighted by Gasteiger charge is 2.32. The van der Waals surface area contributed by atoms with Gasteiger partial charge in [-0.25, -0.2) is 9.59 Å². The molecule has 1 aliphatic rings. The number of carbonyl (C=O) groups is 3. The lowest BCUT2D eigenvalue weighted by Crippen LogP contribution is -2.44. The van der Waals surface area contributed by atoms with E-state index in [4.69, 9.17) is 20.0 Å². The fraction of sp³-hybridized carbons (Fsp3) is 0.360. The van der Waals surface area contributed by atoms with Crippen molar-refractivity contribution in [1.29, 1.82) is 0 Å². The van der Waals surface area contributed by atoms with E-state index in [-0.39, 0.29) is 18.4 Å². The third-order valence-electron chi connectivity index (χ3n) is 4.99. The van der Waals surface area contributed by atoms with Crippen molar-refractivity contribution in [3.8, 4) is 11.1 Å². The lowest BCUT2D eigenvalue weighted by Gasteiger charge is -2.22. The maximum atomic E-state index is 12.6. The molecule has 2 aromatic rings. The fourth-order valence-electron chi connectivity index (χ4n) is 3.71. The van der Waals surface area contributed by atoms with Gasteiger partial charge in [-0.1, -0.05) is 53.7 Å². The maximum Gasteiger partial charge on any atom is 0.407 e. The number of benzene rings is 2. The molecule has 34 heavy (non-hydrogen) atoms. The monoisotopic (exact) mass is 467 g/mol. The van der Waals surface area contributed by atoms with Gasteiger partial charge in [0.1, 0.15) is 24.1 Å². The molecule has 3 rings (SSSR count). The second-order valence-corrected chi connectivity index (χ2v) is 8.96. The second kappa shape index (κ2) is 10.4. The number of carbonyl (C=O) groups excluding carboxylic acids is 3. The van der Waals surface area contributed by atoms with Crippen LogP contribution in [-0.4, -0.2) is 42.1 Å². The normalized spacial score (nSPS) is 13.9. The van der Waals surface area contributed by atoms with Crippen LogP contribution >= 0.6 is 0 Å². The number of fused-ring (bicyclic) bond motifs is 3. The van der Waals surface area contributed by atoms with Gasteiger partial charge in [0.25, 0.3) is 0 Å². The summed E-state index contributed by atoms with van der Waals surface area (Å²) in [6, 6.07) is 14.5. The largest absolute Gasteiger partial charge is 0.460 e. The number of esters is 1.